The molecule has 1 amide bonds. The van der Waals surface area contributed by atoms with Crippen molar-refractivity contribution in [1.29, 1.82) is 0 Å². The van der Waals surface area contributed by atoms with Gasteiger partial charge in [-0.25, -0.2) is 4.79 Å². The first-order chi connectivity index (χ1) is 9.87. The molecular formula is C17H19NO3. The molecular weight excluding hydrogens is 266 g/mol. The van der Waals surface area contributed by atoms with Crippen LogP contribution in [0.4, 0.5) is 4.79 Å². The van der Waals surface area contributed by atoms with E-state index < -0.39 is 11.7 Å². The van der Waals surface area contributed by atoms with Crippen molar-refractivity contribution in [1.82, 2.24) is 5.32 Å². The van der Waals surface area contributed by atoms with Crippen LogP contribution in [0, 0.1) is 11.8 Å². The first-order valence-electron chi connectivity index (χ1n) is 6.59. The second kappa shape index (κ2) is 7.91. The van der Waals surface area contributed by atoms with Crippen LogP contribution in [-0.4, -0.2) is 24.0 Å². The number of carbonyl (C=O) groups excluding carboxylic acids is 2. The monoisotopic (exact) mass is 285 g/mol. The summed E-state index contributed by atoms with van der Waals surface area (Å²) in [5, 5.41) is 2.46. The third kappa shape index (κ3) is 8.27. The van der Waals surface area contributed by atoms with Crippen molar-refractivity contribution in [2.45, 2.75) is 26.4 Å². The molecule has 0 aliphatic heterocycles. The second-order valence-electron chi connectivity index (χ2n) is 5.27. The van der Waals surface area contributed by atoms with Crippen LogP contribution < -0.4 is 5.32 Å². The molecule has 1 aromatic rings. The molecule has 0 aliphatic rings. The number of hydrogen-bond donors (Lipinski definition) is 1. The van der Waals surface area contributed by atoms with E-state index in [0.717, 1.165) is 5.56 Å². The second-order valence-corrected chi connectivity index (χ2v) is 5.27. The van der Waals surface area contributed by atoms with Gasteiger partial charge in [-0.2, -0.15) is 0 Å². The van der Waals surface area contributed by atoms with Crippen LogP contribution in [0.25, 0.3) is 6.08 Å². The summed E-state index contributed by atoms with van der Waals surface area (Å²) < 4.78 is 5.03. The number of ether oxygens (including phenoxy) is 1. The van der Waals surface area contributed by atoms with E-state index in [4.69, 9.17) is 4.74 Å². The standard InChI is InChI=1S/C17H19NO3/c1-17(2,3)21-16(20)18-13-7-10-15(19)12-11-14-8-5-4-6-9-14/h4-6,8-9,11-12H,13H2,1-3H3,(H,18,20)/b12-11+. The Labute approximate surface area is 125 Å². The number of nitrogens with one attached hydrogen (secondary N) is 1. The van der Waals surface area contributed by atoms with E-state index in [2.05, 4.69) is 17.2 Å². The van der Waals surface area contributed by atoms with Crippen molar-refractivity contribution in [3.8, 4) is 11.8 Å². The average Bonchev–Trinajstić information content (AvgIpc) is 2.40. The van der Waals surface area contributed by atoms with Crippen LogP contribution in [-0.2, 0) is 9.53 Å². The lowest BCUT2D eigenvalue weighted by molar-refractivity contribution is -0.109. The maximum Gasteiger partial charge on any atom is 0.408 e. The summed E-state index contributed by atoms with van der Waals surface area (Å²) in [6, 6.07) is 9.46. The van der Waals surface area contributed by atoms with Gasteiger partial charge in [-0.15, -0.1) is 0 Å². The SMILES string of the molecule is CC(C)(C)OC(=O)NCC#CC(=O)/C=C/c1ccccc1. The Morgan fingerprint density at radius 1 is 1.24 bits per heavy atom. The molecule has 0 fully saturated rings. The van der Waals surface area contributed by atoms with Crippen molar-refractivity contribution in [3.05, 3.63) is 42.0 Å². The van der Waals surface area contributed by atoms with Gasteiger partial charge < -0.3 is 10.1 Å². The third-order valence-corrected chi connectivity index (χ3v) is 2.16. The first-order valence-corrected chi connectivity index (χ1v) is 6.59. The molecule has 0 saturated carbocycles. The molecule has 0 saturated heterocycles. The van der Waals surface area contributed by atoms with Gasteiger partial charge in [0.2, 0.25) is 5.78 Å². The molecule has 0 atom stereocenters. The number of ketones is 1. The number of carbonyl (C=O) groups is 2. The van der Waals surface area contributed by atoms with Gasteiger partial charge in [-0.3, -0.25) is 4.79 Å². The van der Waals surface area contributed by atoms with E-state index in [-0.39, 0.29) is 12.3 Å². The molecule has 0 aliphatic carbocycles. The van der Waals surface area contributed by atoms with Crippen LogP contribution in [0.5, 0.6) is 0 Å². The van der Waals surface area contributed by atoms with Crippen LogP contribution in [0.15, 0.2) is 36.4 Å². The van der Waals surface area contributed by atoms with Crippen molar-refractivity contribution in [3.63, 3.8) is 0 Å². The number of amides is 1. The Balaban J connectivity index is 2.36. The van der Waals surface area contributed by atoms with Gasteiger partial charge in [0.25, 0.3) is 0 Å². The number of alkyl carbamates (subject to hydrolysis) is 1. The number of hydrogen-bond acceptors (Lipinski definition) is 3. The molecule has 1 aromatic carbocycles. The van der Waals surface area contributed by atoms with Gasteiger partial charge in [0.05, 0.1) is 6.54 Å². The highest BCUT2D eigenvalue weighted by Crippen LogP contribution is 2.06. The van der Waals surface area contributed by atoms with Crippen LogP contribution in [0.3, 0.4) is 0 Å². The summed E-state index contributed by atoms with van der Waals surface area (Å²) in [6.07, 6.45) is 2.54. The largest absolute Gasteiger partial charge is 0.444 e. The first kappa shape index (κ1) is 16.5. The van der Waals surface area contributed by atoms with E-state index in [0.29, 0.717) is 0 Å². The lowest BCUT2D eigenvalue weighted by Crippen LogP contribution is -2.32. The summed E-state index contributed by atoms with van der Waals surface area (Å²) in [5.41, 5.74) is 0.380. The maximum atomic E-state index is 11.5. The molecule has 4 heteroatoms. The predicted molar refractivity (Wildman–Crippen MR) is 82.5 cm³/mol. The van der Waals surface area contributed by atoms with Crippen molar-refractivity contribution in [2.75, 3.05) is 6.54 Å². The topological polar surface area (TPSA) is 55.4 Å². The van der Waals surface area contributed by atoms with E-state index in [1.165, 1.54) is 6.08 Å². The molecule has 0 spiro atoms. The minimum absolute atomic E-state index is 0.0693. The molecule has 0 aromatic heterocycles. The lowest BCUT2D eigenvalue weighted by Gasteiger charge is -2.18. The number of rotatable bonds is 3. The molecule has 0 radical (unpaired) electrons. The Kier molecular flexibility index (Phi) is 6.22. The number of benzene rings is 1. The smallest absolute Gasteiger partial charge is 0.408 e. The number of allylic oxidation sites excluding steroid dienone is 1. The van der Waals surface area contributed by atoms with Crippen molar-refractivity contribution < 1.29 is 14.3 Å². The average molecular weight is 285 g/mol. The summed E-state index contributed by atoms with van der Waals surface area (Å²) in [4.78, 5) is 22.8. The van der Waals surface area contributed by atoms with Gasteiger partial charge in [-0.1, -0.05) is 42.3 Å². The summed E-state index contributed by atoms with van der Waals surface area (Å²) in [5.74, 6) is 4.69. The van der Waals surface area contributed by atoms with Crippen LogP contribution in [0.1, 0.15) is 26.3 Å². The summed E-state index contributed by atoms with van der Waals surface area (Å²) in [7, 11) is 0. The molecule has 0 bridgehead atoms. The van der Waals surface area contributed by atoms with Gasteiger partial charge >= 0.3 is 6.09 Å². The minimum Gasteiger partial charge on any atom is -0.444 e. The molecule has 21 heavy (non-hydrogen) atoms. The zero-order valence-electron chi connectivity index (χ0n) is 12.5. The van der Waals surface area contributed by atoms with Crippen LogP contribution in [0.2, 0.25) is 0 Å². The maximum absolute atomic E-state index is 11.5. The highest BCUT2D eigenvalue weighted by Gasteiger charge is 2.14. The van der Waals surface area contributed by atoms with Crippen molar-refractivity contribution >= 4 is 18.0 Å². The minimum atomic E-state index is -0.552. The fourth-order valence-electron chi connectivity index (χ4n) is 1.34. The molecule has 110 valence electrons. The fraction of sp³-hybridized carbons (Fsp3) is 0.294. The summed E-state index contributed by atoms with van der Waals surface area (Å²) in [6.45, 7) is 5.39. The Bertz CT molecular complexity index is 572. The summed E-state index contributed by atoms with van der Waals surface area (Å²) >= 11 is 0. The van der Waals surface area contributed by atoms with Gasteiger partial charge in [-0.05, 0) is 38.3 Å². The molecule has 0 unspecified atom stereocenters. The van der Waals surface area contributed by atoms with E-state index in [1.807, 2.05) is 30.3 Å². The third-order valence-electron chi connectivity index (χ3n) is 2.16. The highest BCUT2D eigenvalue weighted by molar-refractivity contribution is 6.06. The Morgan fingerprint density at radius 3 is 2.52 bits per heavy atom. The van der Waals surface area contributed by atoms with E-state index in [1.54, 1.807) is 26.8 Å². The highest BCUT2D eigenvalue weighted by atomic mass is 16.6. The van der Waals surface area contributed by atoms with E-state index in [9.17, 15) is 9.59 Å². The Morgan fingerprint density at radius 2 is 1.90 bits per heavy atom. The van der Waals surface area contributed by atoms with E-state index >= 15 is 0 Å². The normalized spacial score (nSPS) is 10.6. The predicted octanol–water partition coefficient (Wildman–Crippen LogP) is 2.80. The van der Waals surface area contributed by atoms with Crippen molar-refractivity contribution in [2.24, 2.45) is 0 Å². The van der Waals surface area contributed by atoms with Gasteiger partial charge in [0.1, 0.15) is 5.60 Å². The van der Waals surface area contributed by atoms with Crippen LogP contribution >= 0.6 is 0 Å². The molecule has 1 rings (SSSR count). The Hall–Kier alpha value is -2.54. The van der Waals surface area contributed by atoms with Gasteiger partial charge in [0.15, 0.2) is 0 Å². The zero-order valence-corrected chi connectivity index (χ0v) is 12.5. The van der Waals surface area contributed by atoms with Gasteiger partial charge in [0, 0.05) is 0 Å². The molecule has 4 nitrogen and oxygen atoms in total. The zero-order chi connectivity index (χ0) is 15.7. The fourth-order valence-corrected chi connectivity index (χ4v) is 1.34. The molecule has 0 heterocycles. The lowest BCUT2D eigenvalue weighted by atomic mass is 10.2. The quantitative estimate of drug-likeness (QED) is 0.528. The molecule has 1 N–H and O–H groups in total.